The van der Waals surface area contributed by atoms with Gasteiger partial charge in [0.05, 0.1) is 5.52 Å². The molecule has 18 heavy (non-hydrogen) atoms. The van der Waals surface area contributed by atoms with Crippen molar-refractivity contribution < 1.29 is 0 Å². The predicted octanol–water partition coefficient (Wildman–Crippen LogP) is 4.10. The molecule has 1 aromatic heterocycles. The zero-order valence-corrected chi connectivity index (χ0v) is 12.1. The van der Waals surface area contributed by atoms with Gasteiger partial charge in [-0.25, -0.2) is 4.98 Å². The van der Waals surface area contributed by atoms with Gasteiger partial charge in [0.1, 0.15) is 5.82 Å². The minimum Gasteiger partial charge on any atom is -0.367 e. The Morgan fingerprint density at radius 1 is 1.33 bits per heavy atom. The molecule has 0 aliphatic carbocycles. The number of aryl methyl sites for hydroxylation is 1. The maximum Gasteiger partial charge on any atom is 0.129 e. The number of aromatic nitrogens is 1. The summed E-state index contributed by atoms with van der Waals surface area (Å²) >= 11 is 1.89. The third-order valence-corrected chi connectivity index (χ3v) is 3.70. The molecule has 0 bridgehead atoms. The van der Waals surface area contributed by atoms with Gasteiger partial charge in [-0.2, -0.15) is 11.8 Å². The van der Waals surface area contributed by atoms with Crippen LogP contribution in [-0.4, -0.2) is 23.0 Å². The number of hydrogen-bond donors (Lipinski definition) is 1. The molecule has 0 radical (unpaired) electrons. The molecule has 0 fully saturated rings. The fourth-order valence-electron chi connectivity index (χ4n) is 1.97. The van der Waals surface area contributed by atoms with E-state index < -0.39 is 0 Å². The topological polar surface area (TPSA) is 24.9 Å². The summed E-state index contributed by atoms with van der Waals surface area (Å²) in [5.74, 6) is 2.20. The van der Waals surface area contributed by atoms with Gasteiger partial charge in [0, 0.05) is 11.4 Å². The monoisotopic (exact) mass is 260 g/mol. The Labute approximate surface area is 113 Å². The Bertz CT molecular complexity index is 525. The maximum absolute atomic E-state index is 4.70. The molecular weight excluding hydrogens is 240 g/mol. The number of fused-ring (bicyclic) bond motifs is 1. The van der Waals surface area contributed by atoms with Gasteiger partial charge in [0.25, 0.3) is 0 Å². The number of hydrogen-bond acceptors (Lipinski definition) is 3. The van der Waals surface area contributed by atoms with Crippen molar-refractivity contribution in [1.82, 2.24) is 4.98 Å². The molecule has 1 aromatic carbocycles. The predicted molar refractivity (Wildman–Crippen MR) is 82.6 cm³/mol. The summed E-state index contributed by atoms with van der Waals surface area (Å²) in [6.45, 7) is 4.33. The standard InChI is InChI=1S/C15H20N2S/c1-11-10-13-6-4-5-7-14(13)17-15(11)16-12(2)8-9-18-3/h4-7,10,12H,8-9H2,1-3H3,(H,16,17). The van der Waals surface area contributed by atoms with E-state index in [0.717, 1.165) is 17.8 Å². The lowest BCUT2D eigenvalue weighted by Crippen LogP contribution is -2.17. The van der Waals surface area contributed by atoms with Crippen LogP contribution in [0.4, 0.5) is 5.82 Å². The van der Waals surface area contributed by atoms with Crippen LogP contribution in [0, 0.1) is 6.92 Å². The third kappa shape index (κ3) is 3.16. The summed E-state index contributed by atoms with van der Waals surface area (Å²) in [6.07, 6.45) is 3.31. The van der Waals surface area contributed by atoms with Gasteiger partial charge >= 0.3 is 0 Å². The molecule has 96 valence electrons. The van der Waals surface area contributed by atoms with Crippen LogP contribution < -0.4 is 5.32 Å². The number of nitrogens with zero attached hydrogens (tertiary/aromatic N) is 1. The van der Waals surface area contributed by atoms with Crippen molar-refractivity contribution in [3.63, 3.8) is 0 Å². The van der Waals surface area contributed by atoms with E-state index in [4.69, 9.17) is 4.98 Å². The maximum atomic E-state index is 4.70. The minimum absolute atomic E-state index is 0.463. The van der Waals surface area contributed by atoms with Gasteiger partial charge in [-0.15, -0.1) is 0 Å². The molecule has 2 nitrogen and oxygen atoms in total. The number of para-hydroxylation sites is 1. The van der Waals surface area contributed by atoms with Crippen molar-refractivity contribution in [3.8, 4) is 0 Å². The molecule has 0 aliphatic rings. The molecule has 0 amide bonds. The average Bonchev–Trinajstić information content (AvgIpc) is 2.37. The van der Waals surface area contributed by atoms with Crippen molar-refractivity contribution in [1.29, 1.82) is 0 Å². The lowest BCUT2D eigenvalue weighted by molar-refractivity contribution is 0.766. The number of anilines is 1. The van der Waals surface area contributed by atoms with Crippen LogP contribution in [0.2, 0.25) is 0 Å². The van der Waals surface area contributed by atoms with E-state index in [-0.39, 0.29) is 0 Å². The quantitative estimate of drug-likeness (QED) is 0.876. The molecule has 1 unspecified atom stereocenters. The van der Waals surface area contributed by atoms with Crippen molar-refractivity contribution in [2.75, 3.05) is 17.3 Å². The van der Waals surface area contributed by atoms with Crippen LogP contribution in [-0.2, 0) is 0 Å². The highest BCUT2D eigenvalue weighted by Gasteiger charge is 2.06. The van der Waals surface area contributed by atoms with E-state index in [2.05, 4.69) is 49.7 Å². The van der Waals surface area contributed by atoms with Gasteiger partial charge < -0.3 is 5.32 Å². The first-order valence-electron chi connectivity index (χ1n) is 6.32. The number of rotatable bonds is 5. The van der Waals surface area contributed by atoms with Gasteiger partial charge in [-0.05, 0) is 50.0 Å². The number of pyridine rings is 1. The van der Waals surface area contributed by atoms with Gasteiger partial charge in [0.15, 0.2) is 0 Å². The first-order chi connectivity index (χ1) is 8.70. The van der Waals surface area contributed by atoms with Crippen molar-refractivity contribution in [2.24, 2.45) is 0 Å². The number of thioether (sulfide) groups is 1. The molecule has 2 rings (SSSR count). The molecule has 0 saturated carbocycles. The van der Waals surface area contributed by atoms with Gasteiger partial charge in [0.2, 0.25) is 0 Å². The lowest BCUT2D eigenvalue weighted by Gasteiger charge is -2.16. The minimum atomic E-state index is 0.463. The second kappa shape index (κ2) is 6.10. The normalized spacial score (nSPS) is 12.6. The van der Waals surface area contributed by atoms with E-state index in [0.29, 0.717) is 6.04 Å². The second-order valence-corrected chi connectivity index (χ2v) is 5.66. The summed E-state index contributed by atoms with van der Waals surface area (Å²) in [5, 5.41) is 4.72. The van der Waals surface area contributed by atoms with Crippen LogP contribution in [0.15, 0.2) is 30.3 Å². The van der Waals surface area contributed by atoms with E-state index in [1.54, 1.807) is 0 Å². The van der Waals surface area contributed by atoms with E-state index in [1.807, 2.05) is 17.8 Å². The molecule has 1 heterocycles. The Morgan fingerprint density at radius 2 is 2.11 bits per heavy atom. The number of benzene rings is 1. The molecule has 1 N–H and O–H groups in total. The Kier molecular flexibility index (Phi) is 4.48. The third-order valence-electron chi connectivity index (χ3n) is 3.05. The Hall–Kier alpha value is -1.22. The van der Waals surface area contributed by atoms with Crippen LogP contribution in [0.3, 0.4) is 0 Å². The second-order valence-electron chi connectivity index (χ2n) is 4.67. The molecule has 2 aromatic rings. The summed E-state index contributed by atoms with van der Waals surface area (Å²) in [6, 6.07) is 10.9. The lowest BCUT2D eigenvalue weighted by atomic mass is 10.1. The van der Waals surface area contributed by atoms with Crippen molar-refractivity contribution in [2.45, 2.75) is 26.3 Å². The molecule has 0 aliphatic heterocycles. The smallest absolute Gasteiger partial charge is 0.129 e. The SMILES string of the molecule is CSCCC(C)Nc1nc2ccccc2cc1C. The zero-order valence-electron chi connectivity index (χ0n) is 11.2. The highest BCUT2D eigenvalue weighted by Crippen LogP contribution is 2.20. The van der Waals surface area contributed by atoms with Crippen LogP contribution >= 0.6 is 11.8 Å². The van der Waals surface area contributed by atoms with E-state index in [9.17, 15) is 0 Å². The highest BCUT2D eigenvalue weighted by atomic mass is 32.2. The zero-order chi connectivity index (χ0) is 13.0. The Morgan fingerprint density at radius 3 is 2.89 bits per heavy atom. The molecule has 0 spiro atoms. The molecule has 3 heteroatoms. The first kappa shape index (κ1) is 13.2. The summed E-state index contributed by atoms with van der Waals surface area (Å²) in [4.78, 5) is 4.70. The summed E-state index contributed by atoms with van der Waals surface area (Å²) in [7, 11) is 0. The molecule has 0 saturated heterocycles. The largest absolute Gasteiger partial charge is 0.367 e. The Balaban J connectivity index is 2.19. The average molecular weight is 260 g/mol. The summed E-state index contributed by atoms with van der Waals surface area (Å²) < 4.78 is 0. The van der Waals surface area contributed by atoms with Crippen molar-refractivity contribution >= 4 is 28.5 Å². The molecule has 1 atom stereocenters. The van der Waals surface area contributed by atoms with Crippen LogP contribution in [0.1, 0.15) is 18.9 Å². The highest BCUT2D eigenvalue weighted by molar-refractivity contribution is 7.98. The van der Waals surface area contributed by atoms with Crippen molar-refractivity contribution in [3.05, 3.63) is 35.9 Å². The number of nitrogens with one attached hydrogen (secondary N) is 1. The van der Waals surface area contributed by atoms with Crippen LogP contribution in [0.5, 0.6) is 0 Å². The summed E-state index contributed by atoms with van der Waals surface area (Å²) in [5.41, 5.74) is 2.27. The van der Waals surface area contributed by atoms with Crippen LogP contribution in [0.25, 0.3) is 10.9 Å². The molecular formula is C15H20N2S. The fourth-order valence-corrected chi connectivity index (χ4v) is 2.56. The van der Waals surface area contributed by atoms with E-state index >= 15 is 0 Å². The first-order valence-corrected chi connectivity index (χ1v) is 7.72. The van der Waals surface area contributed by atoms with Gasteiger partial charge in [-0.3, -0.25) is 0 Å². The van der Waals surface area contributed by atoms with E-state index in [1.165, 1.54) is 16.7 Å². The van der Waals surface area contributed by atoms with Gasteiger partial charge in [-0.1, -0.05) is 18.2 Å². The fraction of sp³-hybridized carbons (Fsp3) is 0.400.